The van der Waals surface area contributed by atoms with Gasteiger partial charge in [0.2, 0.25) is 0 Å². The van der Waals surface area contributed by atoms with E-state index in [0.717, 1.165) is 11.6 Å². The van der Waals surface area contributed by atoms with Crippen molar-refractivity contribution in [3.05, 3.63) is 29.3 Å². The van der Waals surface area contributed by atoms with E-state index in [4.69, 9.17) is 5.11 Å². The van der Waals surface area contributed by atoms with Crippen molar-refractivity contribution in [3.8, 4) is 0 Å². The van der Waals surface area contributed by atoms with Gasteiger partial charge in [0, 0.05) is 23.8 Å². The second kappa shape index (κ2) is 6.70. The molecule has 1 aliphatic carbocycles. The first-order chi connectivity index (χ1) is 11.8. The molecule has 5 heteroatoms. The number of benzene rings is 1. The third-order valence-electron chi connectivity index (χ3n) is 5.98. The Balaban J connectivity index is 1.82. The number of amides is 1. The van der Waals surface area contributed by atoms with Crippen molar-refractivity contribution in [1.82, 2.24) is 5.32 Å². The standard InChI is InChI=1S/C20H28N2O3/c1-12-4-6-14-17(10-12)22-16-7-5-13(11-15(16)20(14,2)3)19(25)21-9-8-18(23)24/h5,7,11-12,14,17,22H,4,6,8-10H2,1-3H3,(H,21,25)(H,23,24). The normalized spacial score (nSPS) is 26.8. The molecule has 0 radical (unpaired) electrons. The van der Waals surface area contributed by atoms with Crippen molar-refractivity contribution < 1.29 is 14.7 Å². The summed E-state index contributed by atoms with van der Waals surface area (Å²) in [6.45, 7) is 7.04. The number of carbonyl (C=O) groups excluding carboxylic acids is 1. The maximum Gasteiger partial charge on any atom is 0.305 e. The average Bonchev–Trinajstić information content (AvgIpc) is 2.53. The summed E-state index contributed by atoms with van der Waals surface area (Å²) in [5.74, 6) is 0.208. The molecule has 3 atom stereocenters. The maximum absolute atomic E-state index is 12.3. The molecule has 1 amide bonds. The van der Waals surface area contributed by atoms with Gasteiger partial charge in [0.25, 0.3) is 5.91 Å². The minimum atomic E-state index is -0.909. The highest BCUT2D eigenvalue weighted by atomic mass is 16.4. The van der Waals surface area contributed by atoms with Crippen LogP contribution in [-0.4, -0.2) is 29.6 Å². The summed E-state index contributed by atoms with van der Waals surface area (Å²) >= 11 is 0. The van der Waals surface area contributed by atoms with E-state index >= 15 is 0 Å². The fraction of sp³-hybridized carbons (Fsp3) is 0.600. The van der Waals surface area contributed by atoms with E-state index in [1.54, 1.807) is 0 Å². The van der Waals surface area contributed by atoms with Gasteiger partial charge in [-0.2, -0.15) is 0 Å². The van der Waals surface area contributed by atoms with Crippen LogP contribution in [0.15, 0.2) is 18.2 Å². The van der Waals surface area contributed by atoms with Crippen molar-refractivity contribution in [1.29, 1.82) is 0 Å². The number of carboxylic acids is 1. The Hall–Kier alpha value is -2.04. The van der Waals surface area contributed by atoms with Crippen LogP contribution < -0.4 is 10.6 Å². The van der Waals surface area contributed by atoms with Gasteiger partial charge in [0.15, 0.2) is 0 Å². The zero-order valence-electron chi connectivity index (χ0n) is 15.3. The molecule has 1 heterocycles. The Morgan fingerprint density at radius 1 is 1.32 bits per heavy atom. The molecule has 1 aliphatic heterocycles. The van der Waals surface area contributed by atoms with Crippen LogP contribution in [0.1, 0.15) is 62.4 Å². The van der Waals surface area contributed by atoms with Crippen LogP contribution in [0.2, 0.25) is 0 Å². The van der Waals surface area contributed by atoms with Gasteiger partial charge in [-0.25, -0.2) is 0 Å². The number of hydrogen-bond acceptors (Lipinski definition) is 3. The second-order valence-electron chi connectivity index (χ2n) is 8.16. The first-order valence-electron chi connectivity index (χ1n) is 9.20. The van der Waals surface area contributed by atoms with Crippen molar-refractivity contribution in [3.63, 3.8) is 0 Å². The SMILES string of the molecule is CC1CCC2C(C1)Nc1ccc(C(=O)NCCC(=O)O)cc1C2(C)C. The highest BCUT2D eigenvalue weighted by Gasteiger charge is 2.44. The third-order valence-corrected chi connectivity index (χ3v) is 5.98. The number of fused-ring (bicyclic) bond motifs is 2. The zero-order chi connectivity index (χ0) is 18.2. The number of carbonyl (C=O) groups is 2. The van der Waals surface area contributed by atoms with Crippen LogP contribution >= 0.6 is 0 Å². The quantitative estimate of drug-likeness (QED) is 0.782. The molecule has 0 saturated heterocycles. The average molecular weight is 344 g/mol. The van der Waals surface area contributed by atoms with Crippen molar-refractivity contribution in [2.75, 3.05) is 11.9 Å². The molecule has 2 aliphatic rings. The van der Waals surface area contributed by atoms with Crippen molar-refractivity contribution in [2.24, 2.45) is 11.8 Å². The van der Waals surface area contributed by atoms with Gasteiger partial charge in [-0.15, -0.1) is 0 Å². The molecule has 0 bridgehead atoms. The fourth-order valence-electron chi connectivity index (χ4n) is 4.53. The van der Waals surface area contributed by atoms with Crippen molar-refractivity contribution in [2.45, 2.75) is 57.9 Å². The van der Waals surface area contributed by atoms with Gasteiger partial charge in [0.05, 0.1) is 6.42 Å². The summed E-state index contributed by atoms with van der Waals surface area (Å²) < 4.78 is 0. The predicted molar refractivity (Wildman–Crippen MR) is 98.0 cm³/mol. The largest absolute Gasteiger partial charge is 0.481 e. The monoisotopic (exact) mass is 344 g/mol. The van der Waals surface area contributed by atoms with E-state index in [0.29, 0.717) is 17.5 Å². The first-order valence-corrected chi connectivity index (χ1v) is 9.20. The molecular formula is C20H28N2O3. The van der Waals surface area contributed by atoms with E-state index in [2.05, 4.69) is 31.4 Å². The summed E-state index contributed by atoms with van der Waals surface area (Å²) in [5.41, 5.74) is 2.93. The number of carboxylic acid groups (broad SMARTS) is 1. The molecule has 25 heavy (non-hydrogen) atoms. The highest BCUT2D eigenvalue weighted by Crippen LogP contribution is 2.49. The molecule has 3 N–H and O–H groups in total. The van der Waals surface area contributed by atoms with Crippen LogP contribution in [0.5, 0.6) is 0 Å². The number of aliphatic carboxylic acids is 1. The summed E-state index contributed by atoms with van der Waals surface area (Å²) in [5, 5.41) is 15.1. The first kappa shape index (κ1) is 17.8. The van der Waals surface area contributed by atoms with Gasteiger partial charge >= 0.3 is 5.97 Å². The van der Waals surface area contributed by atoms with E-state index in [-0.39, 0.29) is 24.3 Å². The lowest BCUT2D eigenvalue weighted by atomic mass is 9.61. The maximum atomic E-state index is 12.3. The van der Waals surface area contributed by atoms with Crippen LogP contribution in [-0.2, 0) is 10.2 Å². The lowest BCUT2D eigenvalue weighted by Gasteiger charge is -2.50. The molecule has 3 unspecified atom stereocenters. The molecule has 1 aromatic carbocycles. The summed E-state index contributed by atoms with van der Waals surface area (Å²) in [6, 6.07) is 6.30. The van der Waals surface area contributed by atoms with Gasteiger partial charge in [-0.1, -0.05) is 27.2 Å². The third kappa shape index (κ3) is 3.51. The molecule has 5 nitrogen and oxygen atoms in total. The van der Waals surface area contributed by atoms with Crippen LogP contribution in [0.4, 0.5) is 5.69 Å². The summed E-state index contributed by atoms with van der Waals surface area (Å²) in [7, 11) is 0. The lowest BCUT2D eigenvalue weighted by Crippen LogP contribution is -2.49. The molecule has 136 valence electrons. The smallest absolute Gasteiger partial charge is 0.305 e. The van der Waals surface area contributed by atoms with Crippen LogP contribution in [0, 0.1) is 11.8 Å². The highest BCUT2D eigenvalue weighted by molar-refractivity contribution is 5.95. The lowest BCUT2D eigenvalue weighted by molar-refractivity contribution is -0.136. The molecule has 0 spiro atoms. The van der Waals surface area contributed by atoms with Crippen molar-refractivity contribution >= 4 is 17.6 Å². The van der Waals surface area contributed by atoms with E-state index in [1.807, 2.05) is 18.2 Å². The van der Waals surface area contributed by atoms with Gasteiger partial charge in [0.1, 0.15) is 0 Å². The molecule has 0 aromatic heterocycles. The number of hydrogen-bond donors (Lipinski definition) is 3. The van der Waals surface area contributed by atoms with Gasteiger partial charge in [-0.05, 0) is 53.9 Å². The Labute approximate surface area is 149 Å². The molecule has 1 aromatic rings. The summed E-state index contributed by atoms with van der Waals surface area (Å²) in [6.07, 6.45) is 3.61. The van der Waals surface area contributed by atoms with E-state index < -0.39 is 5.97 Å². The predicted octanol–water partition coefficient (Wildman–Crippen LogP) is 3.40. The zero-order valence-corrected chi connectivity index (χ0v) is 15.3. The van der Waals surface area contributed by atoms with Gasteiger partial charge in [-0.3, -0.25) is 9.59 Å². The number of nitrogens with one attached hydrogen (secondary N) is 2. The molecule has 1 fully saturated rings. The number of anilines is 1. The van der Waals surface area contributed by atoms with E-state index in [1.165, 1.54) is 24.8 Å². The Bertz CT molecular complexity index is 684. The van der Waals surface area contributed by atoms with E-state index in [9.17, 15) is 9.59 Å². The Kier molecular flexibility index (Phi) is 4.76. The fourth-order valence-corrected chi connectivity index (χ4v) is 4.53. The molecule has 3 rings (SSSR count). The minimum absolute atomic E-state index is 0.0166. The topological polar surface area (TPSA) is 78.4 Å². The Morgan fingerprint density at radius 2 is 2.08 bits per heavy atom. The Morgan fingerprint density at radius 3 is 2.80 bits per heavy atom. The summed E-state index contributed by atoms with van der Waals surface area (Å²) in [4.78, 5) is 22.9. The van der Waals surface area contributed by atoms with Gasteiger partial charge < -0.3 is 15.7 Å². The van der Waals surface area contributed by atoms with Crippen LogP contribution in [0.25, 0.3) is 0 Å². The second-order valence-corrected chi connectivity index (χ2v) is 8.16. The molecule has 1 saturated carbocycles. The van der Waals surface area contributed by atoms with Crippen LogP contribution in [0.3, 0.4) is 0 Å². The molecular weight excluding hydrogens is 316 g/mol. The number of rotatable bonds is 4. The minimum Gasteiger partial charge on any atom is -0.481 e.